The van der Waals surface area contributed by atoms with E-state index in [1.165, 1.54) is 128 Å². The molecule has 10 aromatic rings. The Balaban J connectivity index is 0.000000180. The highest BCUT2D eigenvalue weighted by atomic mass is 16.4. The van der Waals surface area contributed by atoms with Gasteiger partial charge >= 0.3 is 29.8 Å². The molecule has 0 radical (unpaired) electrons. The lowest BCUT2D eigenvalue weighted by molar-refractivity contribution is 0.0685. The van der Waals surface area contributed by atoms with Gasteiger partial charge < -0.3 is 45.1 Å². The summed E-state index contributed by atoms with van der Waals surface area (Å²) in [5.74, 6) is -1.13. The van der Waals surface area contributed by atoms with Crippen LogP contribution in [0.1, 0.15) is 410 Å². The molecule has 5 aromatic heterocycles. The number of rotatable bonds is 20. The first kappa shape index (κ1) is 110. The predicted octanol–water partition coefficient (Wildman–Crippen LogP) is 30.1. The smallest absolute Gasteiger partial charge is 0.337 e. The number of nitrogens with zero attached hydrogens (tertiary/aromatic N) is 9. The summed E-state index contributed by atoms with van der Waals surface area (Å²) >= 11 is 0. The van der Waals surface area contributed by atoms with Gasteiger partial charge in [-0.05, 0) is 293 Å². The number of aromatic nitrogens is 5. The monoisotopic (exact) mass is 1900 g/mol. The third kappa shape index (κ3) is 27.8. The van der Waals surface area contributed by atoms with Crippen LogP contribution < -0.4 is 19.6 Å². The van der Waals surface area contributed by atoms with Crippen molar-refractivity contribution in [2.24, 2.45) is 16.7 Å². The molecule has 5 heterocycles. The fraction of sp³-hybridized carbons (Fsp3) is 0.504. The molecular weight excluding hydrogens is 1740 g/mol. The number of hydrogen-bond donors (Lipinski definition) is 5. The lowest BCUT2D eigenvalue weighted by Gasteiger charge is -2.34. The van der Waals surface area contributed by atoms with E-state index in [1.807, 2.05) is 18.2 Å². The molecule has 140 heavy (non-hydrogen) atoms. The first-order valence-electron chi connectivity index (χ1n) is 50.3. The number of aryl methyl sites for hydroxylation is 1. The molecule has 0 saturated heterocycles. The van der Waals surface area contributed by atoms with Crippen LogP contribution in [-0.2, 0) is 67.0 Å². The van der Waals surface area contributed by atoms with Crippen molar-refractivity contribution in [3.8, 4) is 0 Å². The fourth-order valence-corrected chi connectivity index (χ4v) is 18.5. The number of aromatic carboxylic acids is 5. The van der Waals surface area contributed by atoms with Crippen LogP contribution in [0.4, 0.5) is 46.0 Å². The van der Waals surface area contributed by atoms with Gasteiger partial charge in [-0.1, -0.05) is 284 Å². The van der Waals surface area contributed by atoms with Crippen molar-refractivity contribution in [1.82, 2.24) is 24.9 Å². The van der Waals surface area contributed by atoms with E-state index in [2.05, 4.69) is 359 Å². The van der Waals surface area contributed by atoms with Gasteiger partial charge in [0.1, 0.15) is 23.3 Å². The molecule has 19 nitrogen and oxygen atoms in total. The molecular formula is C121H163N9O10. The van der Waals surface area contributed by atoms with E-state index in [0.717, 1.165) is 111 Å². The Bertz CT molecular complexity index is 5990. The Labute approximate surface area is 837 Å². The summed E-state index contributed by atoms with van der Waals surface area (Å²) in [7, 11) is 0. The zero-order chi connectivity index (χ0) is 104. The largest absolute Gasteiger partial charge is 0.478 e. The van der Waals surface area contributed by atoms with Gasteiger partial charge in [0.2, 0.25) is 0 Å². The molecule has 0 aliphatic heterocycles. The normalized spacial score (nSPS) is 15.1. The maximum absolute atomic E-state index is 11.3. The van der Waals surface area contributed by atoms with Crippen molar-refractivity contribution in [1.29, 1.82) is 0 Å². The first-order chi connectivity index (χ1) is 64.4. The molecule has 0 amide bonds. The number of fused-ring (bicyclic) bond motifs is 2. The lowest BCUT2D eigenvalue weighted by atomic mass is 9.76. The molecule has 2 fully saturated rings. The van der Waals surface area contributed by atoms with Crippen LogP contribution in [0, 0.1) is 23.7 Å². The Kier molecular flexibility index (Phi) is 33.0. The summed E-state index contributed by atoms with van der Waals surface area (Å²) in [6, 6.07) is 47.7. The zero-order valence-electron chi connectivity index (χ0n) is 90.8. The van der Waals surface area contributed by atoms with Crippen molar-refractivity contribution in [3.05, 3.63) is 276 Å². The average molecular weight is 1900 g/mol. The van der Waals surface area contributed by atoms with Crippen LogP contribution >= 0.6 is 0 Å². The van der Waals surface area contributed by atoms with Crippen LogP contribution in [0.15, 0.2) is 171 Å². The molecule has 0 spiro atoms. The van der Waals surface area contributed by atoms with Crippen molar-refractivity contribution in [2.45, 2.75) is 360 Å². The minimum Gasteiger partial charge on any atom is -0.478 e. The van der Waals surface area contributed by atoms with Gasteiger partial charge in [-0.2, -0.15) is 0 Å². The molecule has 4 aliphatic carbocycles. The van der Waals surface area contributed by atoms with Gasteiger partial charge in [-0.3, -0.25) is 4.98 Å². The molecule has 0 atom stereocenters. The summed E-state index contributed by atoms with van der Waals surface area (Å²) in [5.41, 5.74) is 25.1. The van der Waals surface area contributed by atoms with Gasteiger partial charge in [0.25, 0.3) is 0 Å². The molecule has 752 valence electrons. The maximum Gasteiger partial charge on any atom is 0.337 e. The van der Waals surface area contributed by atoms with Crippen molar-refractivity contribution < 1.29 is 49.5 Å². The number of carboxylic acids is 5. The van der Waals surface area contributed by atoms with Crippen LogP contribution in [0.5, 0.6) is 0 Å². The highest BCUT2D eigenvalue weighted by Gasteiger charge is 2.51. The Morgan fingerprint density at radius 2 is 0.664 bits per heavy atom. The quantitative estimate of drug-likeness (QED) is 0.0475. The van der Waals surface area contributed by atoms with E-state index >= 15 is 0 Å². The summed E-state index contributed by atoms with van der Waals surface area (Å²) < 4.78 is 0. The minimum absolute atomic E-state index is 0.0179. The second kappa shape index (κ2) is 41.9. The van der Waals surface area contributed by atoms with Gasteiger partial charge in [-0.15, -0.1) is 0 Å². The SMILES string of the molecule is CC(C)(C)CN(c1cc(C(C)(C)C)cc(C(C)(C)C)c1)c1ccc(C(=O)O)cn1.CC(C)(C)c1cc(N(c2ccc(C(=O)O)cn2)C2CCCC2)cc(C(C)(C)C)c1.CC(C)(C)c1cc2c(c(C3(c4ccc(C(=O)O)cn4)CC3)c1)CCC2(C)C.CC(C)CN(c1ccc(C(=O)O)cn1)c1cc(C(C)(C)C)cc2c1CCC2(C)C.Cc1ccc(C(C)(C)C)cc1N(CC(C)(C)C)c1ccc(C(=O)O)cn1. The number of anilines is 8. The number of hydrogen-bond acceptors (Lipinski definition) is 14. The second-order valence-electron chi connectivity index (χ2n) is 50.9. The predicted molar refractivity (Wildman–Crippen MR) is 576 cm³/mol. The molecule has 0 bridgehead atoms. The topological polar surface area (TPSA) is 264 Å². The Morgan fingerprint density at radius 3 is 1.01 bits per heavy atom. The summed E-state index contributed by atoms with van der Waals surface area (Å²) in [6.07, 6.45) is 18.7. The Morgan fingerprint density at radius 1 is 0.343 bits per heavy atom. The van der Waals surface area contributed by atoms with E-state index in [1.54, 1.807) is 42.5 Å². The van der Waals surface area contributed by atoms with Gasteiger partial charge in [0.15, 0.2) is 0 Å². The van der Waals surface area contributed by atoms with Crippen LogP contribution in [0.25, 0.3) is 0 Å². The highest BCUT2D eigenvalue weighted by molar-refractivity contribution is 5.90. The molecule has 0 unspecified atom stereocenters. The molecule has 2 saturated carbocycles. The number of benzene rings is 5. The van der Waals surface area contributed by atoms with E-state index < -0.39 is 29.8 Å². The van der Waals surface area contributed by atoms with Crippen molar-refractivity contribution in [3.63, 3.8) is 0 Å². The highest BCUT2D eigenvalue weighted by Crippen LogP contribution is 2.58. The first-order valence-corrected chi connectivity index (χ1v) is 50.3. The molecule has 5 N–H and O–H groups in total. The van der Waals surface area contributed by atoms with Crippen LogP contribution in [-0.4, -0.2) is 106 Å². The van der Waals surface area contributed by atoms with Gasteiger partial charge in [-0.25, -0.2) is 43.9 Å². The molecule has 14 rings (SSSR count). The average Bonchev–Trinajstić information content (AvgIpc) is 1.55. The van der Waals surface area contributed by atoms with E-state index in [4.69, 9.17) is 5.11 Å². The van der Waals surface area contributed by atoms with Crippen molar-refractivity contribution in [2.75, 3.05) is 39.2 Å². The van der Waals surface area contributed by atoms with Gasteiger partial charge in [0.05, 0.1) is 33.5 Å². The molecule has 4 aliphatic rings. The number of carbonyl (C=O) groups is 5. The van der Waals surface area contributed by atoms with Crippen LogP contribution in [0.2, 0.25) is 0 Å². The molecule has 5 aromatic carbocycles. The summed E-state index contributed by atoms with van der Waals surface area (Å²) in [4.78, 5) is 87.7. The fourth-order valence-electron chi connectivity index (χ4n) is 18.5. The number of pyridine rings is 5. The summed E-state index contributed by atoms with van der Waals surface area (Å²) in [6.45, 7) is 78.5. The number of carboxylic acid groups (broad SMARTS) is 5. The maximum atomic E-state index is 11.3. The summed E-state index contributed by atoms with van der Waals surface area (Å²) in [5, 5.41) is 46.0. The lowest BCUT2D eigenvalue weighted by Crippen LogP contribution is -2.30. The second-order valence-corrected chi connectivity index (χ2v) is 50.9. The van der Waals surface area contributed by atoms with E-state index in [0.29, 0.717) is 12.0 Å². The van der Waals surface area contributed by atoms with E-state index in [-0.39, 0.29) is 92.8 Å². The van der Waals surface area contributed by atoms with Crippen LogP contribution in [0.3, 0.4) is 0 Å². The third-order valence-corrected chi connectivity index (χ3v) is 27.5. The molecule has 19 heteroatoms. The standard InChI is InChI=1S/2C25H34N2O2.C25H36N2O2.C24H29NO2.C22H30N2O2/c1-16(2)15-27(22-9-8-17(14-26-22)23(28)29)21-13-18(24(3,4)5)12-20-19(21)10-11-25(20,6)7;1-24(2,3)18-13-19(25(4,5)6)15-21(14-18)27(20-9-7-8-10-20)22-12-11-17(16-26-22)23(28)29;1-23(2,3)16-27(21-11-10-17(15-26-21)22(28)29)20-13-18(24(4,5)6)12-19(14-20)25(7,8)9;1-22(2,3)16-12-18-17(8-9-23(18,4)5)19(13-16)24(10-11-24)20-7-6-15(14-25-20)21(26)27;1-15-8-10-17(22(5,6)7)12-18(15)24(14-21(2,3)4)19-11-9-16(13-23-19)20(25)26/h8-9,12-14,16H,10-11,15H2,1-7H3,(H,28,29);11-16,20H,7-10H2,1-6H3,(H,28,29);10-15H,16H2,1-9H3,(H,28,29);6-7,12-14H,8-11H2,1-5H3,(H,26,27);8-13H,14H2,1-7H3,(H,25,26). The van der Waals surface area contributed by atoms with E-state index in [9.17, 15) is 44.4 Å². The third-order valence-electron chi connectivity index (χ3n) is 27.5. The van der Waals surface area contributed by atoms with Gasteiger partial charge in [0, 0.05) is 84.8 Å². The minimum atomic E-state index is -0.962. The Hall–Kier alpha value is -11.6. The zero-order valence-corrected chi connectivity index (χ0v) is 90.8. The van der Waals surface area contributed by atoms with Crippen molar-refractivity contribution >= 4 is 75.9 Å².